The number of rotatable bonds is 5. The van der Waals surface area contributed by atoms with Gasteiger partial charge in [-0.05, 0) is 17.0 Å². The van der Waals surface area contributed by atoms with Gasteiger partial charge >= 0.3 is 0 Å². The van der Waals surface area contributed by atoms with Crippen molar-refractivity contribution in [3.8, 4) is 0 Å². The van der Waals surface area contributed by atoms with Gasteiger partial charge in [0.05, 0.1) is 12.5 Å². The SMILES string of the molecule is O=C(NCc1cccs1)[C@@H]1CC(=O)N(Cc2ccccc2)C1. The number of likely N-dealkylation sites (tertiary alicyclic amines) is 1. The molecule has 0 unspecified atom stereocenters. The van der Waals surface area contributed by atoms with Gasteiger partial charge in [0.2, 0.25) is 11.8 Å². The first-order valence-electron chi connectivity index (χ1n) is 7.34. The highest BCUT2D eigenvalue weighted by Crippen LogP contribution is 2.20. The van der Waals surface area contributed by atoms with Crippen LogP contribution in [0.3, 0.4) is 0 Å². The normalized spacial score (nSPS) is 17.7. The lowest BCUT2D eigenvalue weighted by molar-refractivity contribution is -0.129. The van der Waals surface area contributed by atoms with Gasteiger partial charge in [-0.15, -0.1) is 11.3 Å². The number of amides is 2. The van der Waals surface area contributed by atoms with E-state index in [1.165, 1.54) is 0 Å². The predicted octanol–water partition coefficient (Wildman–Crippen LogP) is 2.41. The van der Waals surface area contributed by atoms with Crippen LogP contribution in [0.15, 0.2) is 47.8 Å². The Morgan fingerprint density at radius 3 is 2.77 bits per heavy atom. The molecule has 2 heterocycles. The minimum atomic E-state index is -0.240. The maximum absolute atomic E-state index is 12.2. The van der Waals surface area contributed by atoms with Crippen LogP contribution < -0.4 is 5.32 Å². The van der Waals surface area contributed by atoms with E-state index < -0.39 is 0 Å². The molecule has 0 saturated carbocycles. The Hall–Kier alpha value is -2.14. The number of carbonyl (C=O) groups is 2. The second-order valence-electron chi connectivity index (χ2n) is 5.46. The Bertz CT molecular complexity index is 640. The highest BCUT2D eigenvalue weighted by atomic mass is 32.1. The summed E-state index contributed by atoms with van der Waals surface area (Å²) in [5.41, 5.74) is 1.09. The minimum Gasteiger partial charge on any atom is -0.351 e. The van der Waals surface area contributed by atoms with Crippen LogP contribution in [0.2, 0.25) is 0 Å². The monoisotopic (exact) mass is 314 g/mol. The summed E-state index contributed by atoms with van der Waals surface area (Å²) in [6, 6.07) is 13.8. The first-order valence-corrected chi connectivity index (χ1v) is 8.22. The molecule has 114 valence electrons. The lowest BCUT2D eigenvalue weighted by atomic mass is 10.1. The van der Waals surface area contributed by atoms with Crippen molar-refractivity contribution in [2.75, 3.05) is 6.54 Å². The molecule has 22 heavy (non-hydrogen) atoms. The van der Waals surface area contributed by atoms with Crippen LogP contribution in [-0.2, 0) is 22.7 Å². The van der Waals surface area contributed by atoms with E-state index in [0.717, 1.165) is 10.4 Å². The number of benzene rings is 1. The van der Waals surface area contributed by atoms with Crippen molar-refractivity contribution in [1.82, 2.24) is 10.2 Å². The first-order chi connectivity index (χ1) is 10.7. The van der Waals surface area contributed by atoms with E-state index in [-0.39, 0.29) is 17.7 Å². The number of nitrogens with zero attached hydrogens (tertiary/aromatic N) is 1. The van der Waals surface area contributed by atoms with Crippen molar-refractivity contribution in [3.63, 3.8) is 0 Å². The van der Waals surface area contributed by atoms with Crippen LogP contribution in [0.1, 0.15) is 16.9 Å². The molecule has 1 aliphatic heterocycles. The zero-order valence-corrected chi connectivity index (χ0v) is 13.0. The fourth-order valence-electron chi connectivity index (χ4n) is 2.64. The van der Waals surface area contributed by atoms with Crippen LogP contribution in [0.4, 0.5) is 0 Å². The van der Waals surface area contributed by atoms with Gasteiger partial charge in [-0.25, -0.2) is 0 Å². The predicted molar refractivity (Wildman–Crippen MR) is 86.1 cm³/mol. The fourth-order valence-corrected chi connectivity index (χ4v) is 3.28. The lowest BCUT2D eigenvalue weighted by Gasteiger charge is -2.16. The molecule has 0 bridgehead atoms. The standard InChI is InChI=1S/C17H18N2O2S/c20-16-9-14(17(21)18-10-15-7-4-8-22-15)12-19(16)11-13-5-2-1-3-6-13/h1-8,14H,9-12H2,(H,18,21)/t14-/m1/s1. The molecule has 3 rings (SSSR count). The molecule has 2 amide bonds. The minimum absolute atomic E-state index is 0.0303. The maximum atomic E-state index is 12.2. The highest BCUT2D eigenvalue weighted by Gasteiger charge is 2.34. The molecule has 1 fully saturated rings. The van der Waals surface area contributed by atoms with Crippen LogP contribution in [0.5, 0.6) is 0 Å². The average molecular weight is 314 g/mol. The van der Waals surface area contributed by atoms with Crippen molar-refractivity contribution in [2.24, 2.45) is 5.92 Å². The Kier molecular flexibility index (Phi) is 4.53. The van der Waals surface area contributed by atoms with Gasteiger partial charge in [-0.1, -0.05) is 36.4 Å². The molecule has 2 aromatic rings. The van der Waals surface area contributed by atoms with Gasteiger partial charge in [-0.2, -0.15) is 0 Å². The largest absolute Gasteiger partial charge is 0.351 e. The number of nitrogens with one attached hydrogen (secondary N) is 1. The number of thiophene rings is 1. The van der Waals surface area contributed by atoms with Gasteiger partial charge in [0.1, 0.15) is 0 Å². The van der Waals surface area contributed by atoms with Crippen LogP contribution in [-0.4, -0.2) is 23.3 Å². The summed E-state index contributed by atoms with van der Waals surface area (Å²) in [5.74, 6) is -0.214. The van der Waals surface area contributed by atoms with E-state index >= 15 is 0 Å². The Balaban J connectivity index is 1.53. The summed E-state index contributed by atoms with van der Waals surface area (Å²) in [7, 11) is 0. The molecule has 0 aliphatic carbocycles. The molecule has 1 N–H and O–H groups in total. The van der Waals surface area contributed by atoms with Gasteiger partial charge < -0.3 is 10.2 Å². The first kappa shape index (κ1) is 14.8. The van der Waals surface area contributed by atoms with E-state index in [1.807, 2.05) is 47.8 Å². The molecule has 1 aromatic carbocycles. The van der Waals surface area contributed by atoms with E-state index in [9.17, 15) is 9.59 Å². The summed E-state index contributed by atoms with van der Waals surface area (Å²) in [5, 5.41) is 4.91. The van der Waals surface area contributed by atoms with Crippen molar-refractivity contribution < 1.29 is 9.59 Å². The van der Waals surface area contributed by atoms with Crippen LogP contribution in [0, 0.1) is 5.92 Å². The third kappa shape index (κ3) is 3.54. The highest BCUT2D eigenvalue weighted by molar-refractivity contribution is 7.09. The van der Waals surface area contributed by atoms with Crippen molar-refractivity contribution in [3.05, 3.63) is 58.3 Å². The van der Waals surface area contributed by atoms with Crippen molar-refractivity contribution in [1.29, 1.82) is 0 Å². The quantitative estimate of drug-likeness (QED) is 0.921. The summed E-state index contributed by atoms with van der Waals surface area (Å²) in [6.07, 6.45) is 0.309. The lowest BCUT2D eigenvalue weighted by Crippen LogP contribution is -2.32. The average Bonchev–Trinajstić information content (AvgIpc) is 3.16. The van der Waals surface area contributed by atoms with Gasteiger partial charge in [0, 0.05) is 24.4 Å². The fraction of sp³-hybridized carbons (Fsp3) is 0.294. The zero-order valence-electron chi connectivity index (χ0n) is 12.2. The van der Waals surface area contributed by atoms with Gasteiger partial charge in [-0.3, -0.25) is 9.59 Å². The van der Waals surface area contributed by atoms with Crippen molar-refractivity contribution >= 4 is 23.2 Å². The van der Waals surface area contributed by atoms with E-state index in [0.29, 0.717) is 26.1 Å². The van der Waals surface area contributed by atoms with E-state index in [1.54, 1.807) is 16.2 Å². The topological polar surface area (TPSA) is 49.4 Å². The second-order valence-corrected chi connectivity index (χ2v) is 6.49. The van der Waals surface area contributed by atoms with E-state index in [2.05, 4.69) is 5.32 Å². The second kappa shape index (κ2) is 6.75. The van der Waals surface area contributed by atoms with Crippen molar-refractivity contribution in [2.45, 2.75) is 19.5 Å². The molecule has 1 aromatic heterocycles. The molecule has 0 radical (unpaired) electrons. The zero-order chi connectivity index (χ0) is 15.4. The molecule has 1 aliphatic rings. The molecule has 5 heteroatoms. The van der Waals surface area contributed by atoms with E-state index in [4.69, 9.17) is 0 Å². The Morgan fingerprint density at radius 1 is 1.23 bits per heavy atom. The summed E-state index contributed by atoms with van der Waals surface area (Å²) in [4.78, 5) is 27.2. The summed E-state index contributed by atoms with van der Waals surface area (Å²) >= 11 is 1.62. The molecular weight excluding hydrogens is 296 g/mol. The Morgan fingerprint density at radius 2 is 2.05 bits per heavy atom. The van der Waals surface area contributed by atoms with Gasteiger partial charge in [0.15, 0.2) is 0 Å². The molecule has 1 atom stereocenters. The smallest absolute Gasteiger partial charge is 0.225 e. The molecule has 0 spiro atoms. The number of carbonyl (C=O) groups excluding carboxylic acids is 2. The number of hydrogen-bond donors (Lipinski definition) is 1. The molecule has 1 saturated heterocycles. The molecular formula is C17H18N2O2S. The maximum Gasteiger partial charge on any atom is 0.225 e. The summed E-state index contributed by atoms with van der Waals surface area (Å²) < 4.78 is 0. The molecule has 4 nitrogen and oxygen atoms in total. The summed E-state index contributed by atoms with van der Waals surface area (Å²) in [6.45, 7) is 1.62. The van der Waals surface area contributed by atoms with Gasteiger partial charge in [0.25, 0.3) is 0 Å². The third-order valence-corrected chi connectivity index (χ3v) is 4.69. The number of hydrogen-bond acceptors (Lipinski definition) is 3. The third-order valence-electron chi connectivity index (χ3n) is 3.82. The Labute approximate surface area is 133 Å². The van der Waals surface area contributed by atoms with Crippen LogP contribution in [0.25, 0.3) is 0 Å². The van der Waals surface area contributed by atoms with Crippen LogP contribution >= 0.6 is 11.3 Å².